The van der Waals surface area contributed by atoms with E-state index in [0.29, 0.717) is 0 Å². The Morgan fingerprint density at radius 1 is 0.941 bits per heavy atom. The van der Waals surface area contributed by atoms with Crippen molar-refractivity contribution < 1.29 is 0 Å². The lowest BCUT2D eigenvalue weighted by molar-refractivity contribution is 0.240. The fourth-order valence-electron chi connectivity index (χ4n) is 4.05. The SMILES string of the molecule is CC1CCCCC(C2CCC(CNN)C2)CC1. The van der Waals surface area contributed by atoms with Crippen LogP contribution < -0.4 is 11.3 Å². The molecule has 0 aromatic heterocycles. The lowest BCUT2D eigenvalue weighted by Crippen LogP contribution is -2.28. The average molecular weight is 238 g/mol. The summed E-state index contributed by atoms with van der Waals surface area (Å²) in [5.74, 6) is 9.31. The molecule has 2 nitrogen and oxygen atoms in total. The third kappa shape index (κ3) is 3.96. The van der Waals surface area contributed by atoms with Crippen molar-refractivity contribution in [3.8, 4) is 0 Å². The van der Waals surface area contributed by atoms with E-state index in [2.05, 4.69) is 12.3 Å². The van der Waals surface area contributed by atoms with Crippen LogP contribution in [0.3, 0.4) is 0 Å². The van der Waals surface area contributed by atoms with Gasteiger partial charge in [0.15, 0.2) is 0 Å². The number of nitrogens with two attached hydrogens (primary N) is 1. The summed E-state index contributed by atoms with van der Waals surface area (Å²) in [5, 5.41) is 0. The molecule has 4 unspecified atom stereocenters. The normalized spacial score (nSPS) is 39.9. The highest BCUT2D eigenvalue weighted by atomic mass is 15.2. The first-order valence-electron chi connectivity index (χ1n) is 7.73. The van der Waals surface area contributed by atoms with Crippen LogP contribution in [0.1, 0.15) is 64.7 Å². The molecule has 2 aliphatic carbocycles. The summed E-state index contributed by atoms with van der Waals surface area (Å²) in [5.41, 5.74) is 2.86. The molecule has 0 bridgehead atoms. The molecule has 100 valence electrons. The first-order valence-corrected chi connectivity index (χ1v) is 7.73. The Hall–Kier alpha value is -0.0800. The van der Waals surface area contributed by atoms with Crippen molar-refractivity contribution in [2.24, 2.45) is 29.5 Å². The topological polar surface area (TPSA) is 38.0 Å². The molecule has 0 amide bonds. The van der Waals surface area contributed by atoms with E-state index in [0.717, 1.165) is 30.2 Å². The van der Waals surface area contributed by atoms with Gasteiger partial charge in [-0.2, -0.15) is 0 Å². The van der Waals surface area contributed by atoms with Crippen molar-refractivity contribution in [1.29, 1.82) is 0 Å². The third-order valence-electron chi connectivity index (χ3n) is 5.21. The van der Waals surface area contributed by atoms with Crippen LogP contribution in [0.15, 0.2) is 0 Å². The van der Waals surface area contributed by atoms with E-state index in [1.165, 1.54) is 57.8 Å². The van der Waals surface area contributed by atoms with Gasteiger partial charge in [0.2, 0.25) is 0 Å². The molecule has 4 atom stereocenters. The van der Waals surface area contributed by atoms with Crippen LogP contribution in [0.4, 0.5) is 0 Å². The molecule has 2 rings (SSSR count). The maximum absolute atomic E-state index is 5.45. The molecule has 0 aromatic rings. The Labute approximate surface area is 107 Å². The highest BCUT2D eigenvalue weighted by Gasteiger charge is 2.30. The van der Waals surface area contributed by atoms with Crippen LogP contribution in [0.5, 0.6) is 0 Å². The predicted molar refractivity (Wildman–Crippen MR) is 73.4 cm³/mol. The summed E-state index contributed by atoms with van der Waals surface area (Å²) in [6.45, 7) is 3.47. The smallest absolute Gasteiger partial charge is 0.0126 e. The molecule has 0 saturated heterocycles. The number of rotatable bonds is 3. The van der Waals surface area contributed by atoms with Crippen LogP contribution >= 0.6 is 0 Å². The van der Waals surface area contributed by atoms with E-state index in [1.807, 2.05) is 0 Å². The van der Waals surface area contributed by atoms with Gasteiger partial charge < -0.3 is 0 Å². The van der Waals surface area contributed by atoms with Crippen LogP contribution in [-0.2, 0) is 0 Å². The highest BCUT2D eigenvalue weighted by molar-refractivity contribution is 4.82. The quantitative estimate of drug-likeness (QED) is 0.583. The second-order valence-electron chi connectivity index (χ2n) is 6.57. The van der Waals surface area contributed by atoms with Gasteiger partial charge >= 0.3 is 0 Å². The minimum atomic E-state index is 0.855. The standard InChI is InChI=1S/C15H30N2/c1-12-4-2-3-5-14(8-6-12)15-9-7-13(10-15)11-17-16/h12-15,17H,2-11,16H2,1H3. The summed E-state index contributed by atoms with van der Waals surface area (Å²) in [6.07, 6.45) is 13.2. The molecule has 0 heterocycles. The summed E-state index contributed by atoms with van der Waals surface area (Å²) < 4.78 is 0. The van der Waals surface area contributed by atoms with Crippen molar-refractivity contribution >= 4 is 0 Å². The Morgan fingerprint density at radius 2 is 1.71 bits per heavy atom. The largest absolute Gasteiger partial charge is 0.271 e. The van der Waals surface area contributed by atoms with Crippen LogP contribution in [0.25, 0.3) is 0 Å². The van der Waals surface area contributed by atoms with Crippen LogP contribution in [0, 0.1) is 23.7 Å². The van der Waals surface area contributed by atoms with Crippen molar-refractivity contribution in [1.82, 2.24) is 5.43 Å². The molecule has 17 heavy (non-hydrogen) atoms. The van der Waals surface area contributed by atoms with Crippen molar-refractivity contribution in [3.63, 3.8) is 0 Å². The summed E-state index contributed by atoms with van der Waals surface area (Å²) >= 11 is 0. The monoisotopic (exact) mass is 238 g/mol. The maximum atomic E-state index is 5.45. The van der Waals surface area contributed by atoms with E-state index in [9.17, 15) is 0 Å². The second kappa shape index (κ2) is 6.75. The molecule has 0 radical (unpaired) electrons. The minimum absolute atomic E-state index is 0.855. The Kier molecular flexibility index (Phi) is 5.30. The first kappa shape index (κ1) is 13.4. The van der Waals surface area contributed by atoms with E-state index < -0.39 is 0 Å². The van der Waals surface area contributed by atoms with Crippen LogP contribution in [-0.4, -0.2) is 6.54 Å². The highest BCUT2D eigenvalue weighted by Crippen LogP contribution is 2.41. The summed E-state index contributed by atoms with van der Waals surface area (Å²) in [7, 11) is 0. The van der Waals surface area contributed by atoms with Gasteiger partial charge in [0.25, 0.3) is 0 Å². The Bertz CT molecular complexity index is 217. The molecule has 2 heteroatoms. The van der Waals surface area contributed by atoms with Gasteiger partial charge in [-0.3, -0.25) is 11.3 Å². The maximum Gasteiger partial charge on any atom is 0.0126 e. The van der Waals surface area contributed by atoms with E-state index in [-0.39, 0.29) is 0 Å². The Balaban J connectivity index is 1.80. The molecule has 2 saturated carbocycles. The van der Waals surface area contributed by atoms with Gasteiger partial charge in [-0.25, -0.2) is 0 Å². The van der Waals surface area contributed by atoms with Crippen molar-refractivity contribution in [2.45, 2.75) is 64.7 Å². The molecule has 2 fully saturated rings. The van der Waals surface area contributed by atoms with Crippen LogP contribution in [0.2, 0.25) is 0 Å². The molecule has 3 N–H and O–H groups in total. The third-order valence-corrected chi connectivity index (χ3v) is 5.21. The molecular formula is C15H30N2. The van der Waals surface area contributed by atoms with E-state index >= 15 is 0 Å². The second-order valence-corrected chi connectivity index (χ2v) is 6.57. The number of nitrogens with one attached hydrogen (secondary N) is 1. The van der Waals surface area contributed by atoms with Gasteiger partial charge in [0.05, 0.1) is 0 Å². The van der Waals surface area contributed by atoms with E-state index in [4.69, 9.17) is 5.84 Å². The average Bonchev–Trinajstić information content (AvgIpc) is 2.73. The van der Waals surface area contributed by atoms with Gasteiger partial charge in [-0.1, -0.05) is 39.0 Å². The zero-order valence-corrected chi connectivity index (χ0v) is 11.5. The summed E-state index contributed by atoms with van der Waals surface area (Å²) in [6, 6.07) is 0. The Morgan fingerprint density at radius 3 is 2.53 bits per heavy atom. The number of hydrogen-bond donors (Lipinski definition) is 2. The van der Waals surface area contributed by atoms with E-state index in [1.54, 1.807) is 0 Å². The fraction of sp³-hybridized carbons (Fsp3) is 1.00. The van der Waals surface area contributed by atoms with Gasteiger partial charge in [0, 0.05) is 6.54 Å². The number of hydrazine groups is 1. The van der Waals surface area contributed by atoms with Gasteiger partial charge in [0.1, 0.15) is 0 Å². The number of hydrogen-bond acceptors (Lipinski definition) is 2. The van der Waals surface area contributed by atoms with Gasteiger partial charge in [-0.15, -0.1) is 0 Å². The van der Waals surface area contributed by atoms with Crippen molar-refractivity contribution in [2.75, 3.05) is 6.54 Å². The summed E-state index contributed by atoms with van der Waals surface area (Å²) in [4.78, 5) is 0. The predicted octanol–water partition coefficient (Wildman–Crippen LogP) is 3.47. The molecule has 2 aliphatic rings. The lowest BCUT2D eigenvalue weighted by atomic mass is 9.78. The zero-order valence-electron chi connectivity index (χ0n) is 11.5. The minimum Gasteiger partial charge on any atom is -0.271 e. The van der Waals surface area contributed by atoms with Crippen molar-refractivity contribution in [3.05, 3.63) is 0 Å². The van der Waals surface area contributed by atoms with Gasteiger partial charge in [-0.05, 0) is 49.4 Å². The molecular weight excluding hydrogens is 208 g/mol. The fourth-order valence-corrected chi connectivity index (χ4v) is 4.05. The first-order chi connectivity index (χ1) is 8.29. The molecule has 0 aliphatic heterocycles. The zero-order chi connectivity index (χ0) is 12.1. The lowest BCUT2D eigenvalue weighted by Gasteiger charge is -2.27. The molecule has 0 aromatic carbocycles. The molecule has 0 spiro atoms.